The highest BCUT2D eigenvalue weighted by Gasteiger charge is 2.50. The summed E-state index contributed by atoms with van der Waals surface area (Å²) >= 11 is 0. The zero-order chi connectivity index (χ0) is 48.6. The van der Waals surface area contributed by atoms with E-state index in [0.717, 1.165) is 6.42 Å². The monoisotopic (exact) mass is 928 g/mol. The predicted molar refractivity (Wildman–Crippen MR) is 308 cm³/mol. The molecule has 0 amide bonds. The summed E-state index contributed by atoms with van der Waals surface area (Å²) in [6.45, 7) is 0. The second kappa shape index (κ2) is 18.9. The Bertz CT molecular complexity index is 3710. The molecule has 0 heteroatoms. The van der Waals surface area contributed by atoms with Crippen LogP contribution in [0, 0.1) is 5.92 Å². The molecule has 0 fully saturated rings. The van der Waals surface area contributed by atoms with Crippen LogP contribution in [0.1, 0.15) is 34.2 Å². The number of rotatable bonds is 10. The molecular weight excluding hydrogens is 877 g/mol. The van der Waals surface area contributed by atoms with Crippen LogP contribution in [0.4, 0.5) is 0 Å². The van der Waals surface area contributed by atoms with Crippen LogP contribution in [0.3, 0.4) is 0 Å². The van der Waals surface area contributed by atoms with Crippen LogP contribution in [0.5, 0.6) is 0 Å². The number of hydrogen-bond donors (Lipinski definition) is 0. The Kier molecular flexibility index (Phi) is 11.4. The molecule has 0 heterocycles. The fourth-order valence-electron chi connectivity index (χ4n) is 11.9. The molecule has 0 spiro atoms. The van der Waals surface area contributed by atoms with Crippen molar-refractivity contribution in [3.63, 3.8) is 0 Å². The Balaban J connectivity index is 1.08. The first-order chi connectivity index (χ1) is 36.2. The summed E-state index contributed by atoms with van der Waals surface area (Å²) in [5.74, 6) is 0.00229. The predicted octanol–water partition coefficient (Wildman–Crippen LogP) is 19.2. The van der Waals surface area contributed by atoms with Gasteiger partial charge in [0.1, 0.15) is 0 Å². The minimum absolute atomic E-state index is 0.00229. The highest BCUT2D eigenvalue weighted by molar-refractivity contribution is 5.92. The van der Waals surface area contributed by atoms with Gasteiger partial charge in [-0.3, -0.25) is 0 Å². The molecule has 11 aromatic rings. The van der Waals surface area contributed by atoms with Gasteiger partial charge >= 0.3 is 0 Å². The summed E-state index contributed by atoms with van der Waals surface area (Å²) < 4.78 is 0. The van der Waals surface area contributed by atoms with Crippen LogP contribution in [0.25, 0.3) is 89.0 Å². The maximum Gasteiger partial charge on any atom is 0.0529 e. The molecule has 2 aliphatic rings. The van der Waals surface area contributed by atoms with E-state index in [1.807, 2.05) is 0 Å². The van der Waals surface area contributed by atoms with Crippen molar-refractivity contribution in [1.82, 2.24) is 0 Å². The van der Waals surface area contributed by atoms with Gasteiger partial charge in [-0.05, 0) is 172 Å². The van der Waals surface area contributed by atoms with Gasteiger partial charge in [-0.1, -0.05) is 255 Å². The lowest BCUT2D eigenvalue weighted by Crippen LogP contribution is -2.36. The van der Waals surface area contributed by atoms with Gasteiger partial charge in [-0.25, -0.2) is 0 Å². The van der Waals surface area contributed by atoms with Gasteiger partial charge in [-0.15, -0.1) is 0 Å². The lowest BCUT2D eigenvalue weighted by atomic mass is 9.60. The molecule has 73 heavy (non-hydrogen) atoms. The topological polar surface area (TPSA) is 0 Å². The Labute approximate surface area is 429 Å². The van der Waals surface area contributed by atoms with E-state index in [2.05, 4.69) is 297 Å². The SMILES string of the molecule is C1=C(c2cccc(-c3ccccc3)c2)C=C(c2cccc(-c3ccccc3)c2)CC1C1(c2cc(-c3cccc(-c4ccccc4)c3)cc(-c3cccc(-c4ccccc4)c3)c2)c2ccccc2-c2ccccc21. The highest BCUT2D eigenvalue weighted by atomic mass is 14.5. The Morgan fingerprint density at radius 1 is 0.260 bits per heavy atom. The molecule has 0 N–H and O–H groups in total. The molecule has 1 unspecified atom stereocenters. The van der Waals surface area contributed by atoms with Crippen molar-refractivity contribution in [2.75, 3.05) is 0 Å². The largest absolute Gasteiger partial charge is 0.0716 e. The van der Waals surface area contributed by atoms with E-state index in [-0.39, 0.29) is 5.92 Å². The summed E-state index contributed by atoms with van der Waals surface area (Å²) in [7, 11) is 0. The third-order valence-electron chi connectivity index (χ3n) is 15.3. The molecule has 344 valence electrons. The van der Waals surface area contributed by atoms with Crippen molar-refractivity contribution < 1.29 is 0 Å². The fraction of sp³-hybridized carbons (Fsp3) is 0.0411. The summed E-state index contributed by atoms with van der Waals surface area (Å²) in [6.07, 6.45) is 5.94. The minimum Gasteiger partial charge on any atom is -0.0716 e. The zero-order valence-electron chi connectivity index (χ0n) is 40.6. The highest BCUT2D eigenvalue weighted by Crippen LogP contribution is 2.60. The first-order valence-corrected chi connectivity index (χ1v) is 25.6. The second-order valence-electron chi connectivity index (χ2n) is 19.6. The third-order valence-corrected chi connectivity index (χ3v) is 15.3. The van der Waals surface area contributed by atoms with Gasteiger partial charge in [-0.2, -0.15) is 0 Å². The molecule has 2 aliphatic carbocycles. The lowest BCUT2D eigenvalue weighted by Gasteiger charge is -2.42. The van der Waals surface area contributed by atoms with E-state index in [1.165, 1.54) is 117 Å². The molecule has 0 nitrogen and oxygen atoms in total. The first-order valence-electron chi connectivity index (χ1n) is 25.6. The number of fused-ring (bicyclic) bond motifs is 3. The zero-order valence-corrected chi connectivity index (χ0v) is 40.6. The maximum atomic E-state index is 2.63. The van der Waals surface area contributed by atoms with E-state index < -0.39 is 5.41 Å². The smallest absolute Gasteiger partial charge is 0.0529 e. The first kappa shape index (κ1) is 43.9. The number of allylic oxidation sites excluding steroid dienone is 4. The summed E-state index contributed by atoms with van der Waals surface area (Å²) in [6, 6.07) is 106. The van der Waals surface area contributed by atoms with Gasteiger partial charge in [0, 0.05) is 0 Å². The molecule has 0 saturated heterocycles. The van der Waals surface area contributed by atoms with Gasteiger partial charge in [0.2, 0.25) is 0 Å². The third kappa shape index (κ3) is 8.18. The van der Waals surface area contributed by atoms with Crippen LogP contribution in [0.2, 0.25) is 0 Å². The van der Waals surface area contributed by atoms with Gasteiger partial charge in [0.15, 0.2) is 0 Å². The fourth-order valence-corrected chi connectivity index (χ4v) is 11.9. The van der Waals surface area contributed by atoms with E-state index in [1.54, 1.807) is 0 Å². The molecular formula is C73H52. The Hall–Kier alpha value is -9.10. The average Bonchev–Trinajstić information content (AvgIpc) is 3.79. The summed E-state index contributed by atoms with van der Waals surface area (Å²) in [4.78, 5) is 0. The van der Waals surface area contributed by atoms with Gasteiger partial charge in [0.05, 0.1) is 5.41 Å². The van der Waals surface area contributed by atoms with Crippen LogP contribution in [0.15, 0.2) is 297 Å². The van der Waals surface area contributed by atoms with Crippen LogP contribution >= 0.6 is 0 Å². The van der Waals surface area contributed by atoms with Crippen molar-refractivity contribution in [3.8, 4) is 77.9 Å². The van der Waals surface area contributed by atoms with Crippen LogP contribution in [-0.2, 0) is 5.41 Å². The molecule has 0 aliphatic heterocycles. The van der Waals surface area contributed by atoms with Crippen molar-refractivity contribution in [3.05, 3.63) is 325 Å². The normalized spacial score (nSPS) is 14.4. The molecule has 0 radical (unpaired) electrons. The number of benzene rings is 11. The molecule has 0 aromatic heterocycles. The maximum absolute atomic E-state index is 2.63. The number of hydrogen-bond acceptors (Lipinski definition) is 0. The quantitative estimate of drug-likeness (QED) is 0.128. The van der Waals surface area contributed by atoms with Crippen molar-refractivity contribution >= 4 is 11.1 Å². The average molecular weight is 929 g/mol. The van der Waals surface area contributed by atoms with E-state index in [4.69, 9.17) is 0 Å². The lowest BCUT2D eigenvalue weighted by molar-refractivity contribution is 0.464. The minimum atomic E-state index is -0.592. The summed E-state index contributed by atoms with van der Waals surface area (Å²) in [5, 5.41) is 0. The Morgan fingerprint density at radius 2 is 0.575 bits per heavy atom. The standard InChI is InChI=1S/C73H52/c1-5-21-51(22-6-1)55-29-17-33-59(41-55)63-45-64(60-34-18-30-56(42-60)52-23-7-2-8-24-52)48-67(47-63)73(71-39-15-13-37-69(71)70-38-14-16-40-72(70)73)68-49-65(61-35-19-31-57(43-61)53-25-9-3-10-26-53)46-66(50-68)62-36-20-32-58(44-62)54-27-11-4-12-28-54/h1-49,68H,50H2. The van der Waals surface area contributed by atoms with E-state index in [0.29, 0.717) is 0 Å². The van der Waals surface area contributed by atoms with Crippen molar-refractivity contribution in [1.29, 1.82) is 0 Å². The van der Waals surface area contributed by atoms with Gasteiger partial charge in [0.25, 0.3) is 0 Å². The van der Waals surface area contributed by atoms with Crippen LogP contribution < -0.4 is 0 Å². The van der Waals surface area contributed by atoms with Crippen molar-refractivity contribution in [2.45, 2.75) is 11.8 Å². The summed E-state index contributed by atoms with van der Waals surface area (Å²) in [5.41, 5.74) is 25.4. The second-order valence-corrected chi connectivity index (χ2v) is 19.6. The Morgan fingerprint density at radius 3 is 1.01 bits per heavy atom. The molecule has 13 rings (SSSR count). The molecule has 1 atom stereocenters. The molecule has 0 saturated carbocycles. The van der Waals surface area contributed by atoms with E-state index >= 15 is 0 Å². The molecule has 0 bridgehead atoms. The van der Waals surface area contributed by atoms with Crippen molar-refractivity contribution in [2.24, 2.45) is 5.92 Å². The molecule has 11 aromatic carbocycles. The van der Waals surface area contributed by atoms with Crippen LogP contribution in [-0.4, -0.2) is 0 Å². The van der Waals surface area contributed by atoms with E-state index in [9.17, 15) is 0 Å². The van der Waals surface area contributed by atoms with Gasteiger partial charge < -0.3 is 0 Å².